The summed E-state index contributed by atoms with van der Waals surface area (Å²) in [5.74, 6) is 0.920. The number of likely N-dealkylation sites (tertiary alicyclic amines) is 1. The molecule has 1 fully saturated rings. The Morgan fingerprint density at radius 3 is 2.55 bits per heavy atom. The van der Waals surface area contributed by atoms with Crippen molar-refractivity contribution in [2.45, 2.75) is 51.9 Å². The van der Waals surface area contributed by atoms with Gasteiger partial charge in [0.15, 0.2) is 0 Å². The van der Waals surface area contributed by atoms with Crippen molar-refractivity contribution < 1.29 is 4.79 Å². The predicted octanol–water partition coefficient (Wildman–Crippen LogP) is 2.09. The van der Waals surface area contributed by atoms with Crippen molar-refractivity contribution in [3.05, 3.63) is 0 Å². The second kappa shape index (κ2) is 10.2. The van der Waals surface area contributed by atoms with Gasteiger partial charge in [-0.1, -0.05) is 19.8 Å². The van der Waals surface area contributed by atoms with E-state index in [0.717, 1.165) is 32.5 Å². The molecule has 0 aromatic carbocycles. The summed E-state index contributed by atoms with van der Waals surface area (Å²) in [4.78, 5) is 16.5. The zero-order chi connectivity index (χ0) is 14.8. The molecule has 20 heavy (non-hydrogen) atoms. The number of likely N-dealkylation sites (N-methyl/N-ethyl adjacent to an activating group) is 1. The molecule has 1 saturated heterocycles. The van der Waals surface area contributed by atoms with E-state index >= 15 is 0 Å². The van der Waals surface area contributed by atoms with E-state index in [1.165, 1.54) is 38.8 Å². The summed E-state index contributed by atoms with van der Waals surface area (Å²) < 4.78 is 0. The first kappa shape index (κ1) is 17.4. The average Bonchev–Trinajstić information content (AvgIpc) is 2.95. The van der Waals surface area contributed by atoms with E-state index in [2.05, 4.69) is 11.8 Å². The third-order valence-corrected chi connectivity index (χ3v) is 4.41. The minimum atomic E-state index is 0.294. The Morgan fingerprint density at radius 2 is 1.95 bits per heavy atom. The van der Waals surface area contributed by atoms with E-state index < -0.39 is 0 Å². The van der Waals surface area contributed by atoms with E-state index in [9.17, 15) is 4.79 Å². The van der Waals surface area contributed by atoms with Crippen molar-refractivity contribution in [3.8, 4) is 0 Å². The number of carbonyl (C=O) groups excluding carboxylic acids is 1. The van der Waals surface area contributed by atoms with Crippen LogP contribution >= 0.6 is 0 Å². The zero-order valence-corrected chi connectivity index (χ0v) is 13.4. The van der Waals surface area contributed by atoms with Gasteiger partial charge >= 0.3 is 0 Å². The summed E-state index contributed by atoms with van der Waals surface area (Å²) in [6, 6.07) is 0. The second-order valence-electron chi connectivity index (χ2n) is 6.13. The highest BCUT2D eigenvalue weighted by Gasteiger charge is 2.15. The monoisotopic (exact) mass is 283 g/mol. The first-order chi connectivity index (χ1) is 9.67. The molecule has 1 atom stereocenters. The largest absolute Gasteiger partial charge is 0.344 e. The van der Waals surface area contributed by atoms with Crippen LogP contribution in [0.4, 0.5) is 0 Å². The lowest BCUT2D eigenvalue weighted by Gasteiger charge is -2.22. The highest BCUT2D eigenvalue weighted by Crippen LogP contribution is 2.17. The Kier molecular flexibility index (Phi) is 8.86. The summed E-state index contributed by atoms with van der Waals surface area (Å²) in [6.45, 7) is 7.25. The van der Waals surface area contributed by atoms with Crippen molar-refractivity contribution in [3.63, 3.8) is 0 Å². The van der Waals surface area contributed by atoms with Gasteiger partial charge in [0.2, 0.25) is 5.91 Å². The Morgan fingerprint density at radius 1 is 1.25 bits per heavy atom. The molecule has 0 aromatic rings. The maximum absolute atomic E-state index is 12.1. The Hall–Kier alpha value is -0.610. The summed E-state index contributed by atoms with van der Waals surface area (Å²) in [5.41, 5.74) is 5.64. The minimum absolute atomic E-state index is 0.294. The van der Waals surface area contributed by atoms with Crippen molar-refractivity contribution in [1.29, 1.82) is 0 Å². The quantitative estimate of drug-likeness (QED) is 0.668. The van der Waals surface area contributed by atoms with Crippen LogP contribution in [0.15, 0.2) is 0 Å². The number of carbonyl (C=O) groups is 1. The van der Waals surface area contributed by atoms with Gasteiger partial charge in [0.25, 0.3) is 0 Å². The van der Waals surface area contributed by atoms with Crippen LogP contribution in [0.1, 0.15) is 51.9 Å². The van der Waals surface area contributed by atoms with Crippen molar-refractivity contribution in [1.82, 2.24) is 9.80 Å². The summed E-state index contributed by atoms with van der Waals surface area (Å²) in [5, 5.41) is 0. The number of nitrogens with zero attached hydrogens (tertiary/aromatic N) is 2. The molecular weight excluding hydrogens is 250 g/mol. The molecule has 1 aliphatic rings. The van der Waals surface area contributed by atoms with Crippen LogP contribution in [0.2, 0.25) is 0 Å². The third-order valence-electron chi connectivity index (χ3n) is 4.41. The van der Waals surface area contributed by atoms with E-state index in [-0.39, 0.29) is 0 Å². The summed E-state index contributed by atoms with van der Waals surface area (Å²) >= 11 is 0. The standard InChI is InChI=1S/C16H33N3O/c1-3-6-15(9-10-17)7-8-16(20)18(2)13-14-19-11-4-5-12-19/h15H,3-14,17H2,1-2H3. The first-order valence-corrected chi connectivity index (χ1v) is 8.33. The van der Waals surface area contributed by atoms with Gasteiger partial charge in [0.1, 0.15) is 0 Å². The molecule has 1 amide bonds. The van der Waals surface area contributed by atoms with E-state index in [0.29, 0.717) is 18.2 Å². The molecule has 1 unspecified atom stereocenters. The Labute approximate surface area is 124 Å². The molecule has 2 N–H and O–H groups in total. The normalized spacial score (nSPS) is 17.4. The molecule has 0 radical (unpaired) electrons. The number of rotatable bonds is 10. The smallest absolute Gasteiger partial charge is 0.222 e. The van der Waals surface area contributed by atoms with Crippen LogP contribution in [-0.4, -0.2) is 55.5 Å². The third kappa shape index (κ3) is 6.71. The molecule has 0 bridgehead atoms. The number of nitrogens with two attached hydrogens (primary N) is 1. The van der Waals surface area contributed by atoms with Crippen LogP contribution in [0.5, 0.6) is 0 Å². The molecule has 0 aromatic heterocycles. The van der Waals surface area contributed by atoms with E-state index in [1.807, 2.05) is 11.9 Å². The van der Waals surface area contributed by atoms with Crippen molar-refractivity contribution >= 4 is 5.91 Å². The molecule has 1 heterocycles. The van der Waals surface area contributed by atoms with Gasteiger partial charge in [-0.15, -0.1) is 0 Å². The number of amides is 1. The van der Waals surface area contributed by atoms with Gasteiger partial charge < -0.3 is 15.5 Å². The fraction of sp³-hybridized carbons (Fsp3) is 0.938. The van der Waals surface area contributed by atoms with E-state index in [4.69, 9.17) is 5.73 Å². The zero-order valence-electron chi connectivity index (χ0n) is 13.4. The summed E-state index contributed by atoms with van der Waals surface area (Å²) in [6.07, 6.45) is 7.74. The highest BCUT2D eigenvalue weighted by atomic mass is 16.2. The Bertz CT molecular complexity index is 258. The molecule has 0 aliphatic carbocycles. The molecule has 4 heteroatoms. The van der Waals surface area contributed by atoms with Gasteiger partial charge in [-0.25, -0.2) is 0 Å². The maximum Gasteiger partial charge on any atom is 0.222 e. The lowest BCUT2D eigenvalue weighted by Crippen LogP contribution is -2.35. The molecule has 0 saturated carbocycles. The lowest BCUT2D eigenvalue weighted by molar-refractivity contribution is -0.130. The van der Waals surface area contributed by atoms with Crippen LogP contribution in [0, 0.1) is 5.92 Å². The van der Waals surface area contributed by atoms with Gasteiger partial charge in [-0.3, -0.25) is 4.79 Å². The van der Waals surface area contributed by atoms with Crippen molar-refractivity contribution in [2.75, 3.05) is 39.8 Å². The molecule has 4 nitrogen and oxygen atoms in total. The van der Waals surface area contributed by atoms with Gasteiger partial charge in [-0.05, 0) is 51.2 Å². The van der Waals surface area contributed by atoms with Crippen LogP contribution < -0.4 is 5.73 Å². The number of hydrogen-bond acceptors (Lipinski definition) is 3. The predicted molar refractivity (Wildman–Crippen MR) is 84.6 cm³/mol. The van der Waals surface area contributed by atoms with Crippen LogP contribution in [0.3, 0.4) is 0 Å². The van der Waals surface area contributed by atoms with Gasteiger partial charge in [0.05, 0.1) is 0 Å². The fourth-order valence-corrected chi connectivity index (χ4v) is 3.02. The second-order valence-corrected chi connectivity index (χ2v) is 6.13. The molecule has 1 aliphatic heterocycles. The van der Waals surface area contributed by atoms with Crippen LogP contribution in [0.25, 0.3) is 0 Å². The average molecular weight is 283 g/mol. The van der Waals surface area contributed by atoms with Crippen molar-refractivity contribution in [2.24, 2.45) is 11.7 Å². The molecule has 0 spiro atoms. The van der Waals surface area contributed by atoms with E-state index in [1.54, 1.807) is 0 Å². The molecule has 118 valence electrons. The highest BCUT2D eigenvalue weighted by molar-refractivity contribution is 5.75. The summed E-state index contributed by atoms with van der Waals surface area (Å²) in [7, 11) is 1.94. The minimum Gasteiger partial charge on any atom is -0.344 e. The molecule has 1 rings (SSSR count). The molecular formula is C16H33N3O. The number of hydrogen-bond donors (Lipinski definition) is 1. The van der Waals surface area contributed by atoms with Gasteiger partial charge in [0, 0.05) is 26.6 Å². The van der Waals surface area contributed by atoms with Gasteiger partial charge in [-0.2, -0.15) is 0 Å². The SMILES string of the molecule is CCCC(CCN)CCC(=O)N(C)CCN1CCCC1. The topological polar surface area (TPSA) is 49.6 Å². The Balaban J connectivity index is 2.18. The lowest BCUT2D eigenvalue weighted by atomic mass is 9.94. The first-order valence-electron chi connectivity index (χ1n) is 8.33. The maximum atomic E-state index is 12.1. The van der Waals surface area contributed by atoms with Crippen LogP contribution in [-0.2, 0) is 4.79 Å². The fourth-order valence-electron chi connectivity index (χ4n) is 3.02.